The zero-order valence-electron chi connectivity index (χ0n) is 12.5. The monoisotopic (exact) mass is 296 g/mol. The van der Waals surface area contributed by atoms with Gasteiger partial charge in [-0.1, -0.05) is 11.6 Å². The molecule has 110 valence electrons. The number of aryl methyl sites for hydroxylation is 1. The first-order valence-electron chi connectivity index (χ1n) is 6.81. The van der Waals surface area contributed by atoms with E-state index >= 15 is 0 Å². The maximum absolute atomic E-state index is 10.8. The molecule has 0 aliphatic carbocycles. The van der Waals surface area contributed by atoms with E-state index in [0.717, 1.165) is 5.69 Å². The van der Waals surface area contributed by atoms with Crippen molar-refractivity contribution in [1.82, 2.24) is 0 Å². The standard InChI is InChI=1S/C15H21NO3S/c1-11-6-7-14-13(10-11)15(3,4)12(2)16(14)8-5-9-20(17,18)19/h6-7,10H,5,8-9H2,1-4H3/p+1. The summed E-state index contributed by atoms with van der Waals surface area (Å²) in [7, 11) is -3.88. The molecule has 20 heavy (non-hydrogen) atoms. The van der Waals surface area contributed by atoms with E-state index in [2.05, 4.69) is 50.5 Å². The second-order valence-electron chi connectivity index (χ2n) is 6.02. The number of rotatable bonds is 4. The summed E-state index contributed by atoms with van der Waals surface area (Å²) >= 11 is 0. The summed E-state index contributed by atoms with van der Waals surface area (Å²) in [5, 5.41) is 0. The van der Waals surface area contributed by atoms with Gasteiger partial charge in [0.15, 0.2) is 5.71 Å². The summed E-state index contributed by atoms with van der Waals surface area (Å²) in [6.07, 6.45) is 0.416. The highest BCUT2D eigenvalue weighted by molar-refractivity contribution is 7.85. The van der Waals surface area contributed by atoms with Gasteiger partial charge in [0.05, 0.1) is 11.2 Å². The second kappa shape index (κ2) is 4.97. The van der Waals surface area contributed by atoms with E-state index in [1.807, 2.05) is 0 Å². The Morgan fingerprint density at radius 2 is 1.90 bits per heavy atom. The highest BCUT2D eigenvalue weighted by Gasteiger charge is 2.42. The normalized spacial score (nSPS) is 17.4. The summed E-state index contributed by atoms with van der Waals surface area (Å²) in [6.45, 7) is 9.13. The lowest BCUT2D eigenvalue weighted by Crippen LogP contribution is -2.27. The van der Waals surface area contributed by atoms with Crippen LogP contribution in [0.5, 0.6) is 0 Å². The van der Waals surface area contributed by atoms with Gasteiger partial charge in [-0.2, -0.15) is 13.0 Å². The summed E-state index contributed by atoms with van der Waals surface area (Å²) in [4.78, 5) is 0. The third-order valence-corrected chi connectivity index (χ3v) is 5.01. The van der Waals surface area contributed by atoms with Crippen LogP contribution in [0.2, 0.25) is 0 Å². The van der Waals surface area contributed by atoms with Gasteiger partial charge in [0, 0.05) is 25.0 Å². The van der Waals surface area contributed by atoms with Gasteiger partial charge in [-0.3, -0.25) is 4.55 Å². The van der Waals surface area contributed by atoms with Crippen molar-refractivity contribution in [3.8, 4) is 0 Å². The fourth-order valence-electron chi connectivity index (χ4n) is 2.79. The Kier molecular flexibility index (Phi) is 3.77. The minimum absolute atomic E-state index is 0.0422. The fourth-order valence-corrected chi connectivity index (χ4v) is 3.29. The maximum Gasteiger partial charge on any atom is 0.265 e. The van der Waals surface area contributed by atoms with E-state index in [9.17, 15) is 8.42 Å². The van der Waals surface area contributed by atoms with E-state index in [-0.39, 0.29) is 11.2 Å². The third-order valence-electron chi connectivity index (χ3n) is 4.21. The first-order chi connectivity index (χ1) is 9.13. The van der Waals surface area contributed by atoms with E-state index < -0.39 is 10.1 Å². The van der Waals surface area contributed by atoms with Crippen LogP contribution < -0.4 is 0 Å². The third kappa shape index (κ3) is 2.79. The Balaban J connectivity index is 2.32. The fraction of sp³-hybridized carbons (Fsp3) is 0.533. The Morgan fingerprint density at radius 1 is 1.25 bits per heavy atom. The van der Waals surface area contributed by atoms with E-state index in [1.54, 1.807) is 0 Å². The Hall–Kier alpha value is -1.20. The molecule has 1 aliphatic rings. The van der Waals surface area contributed by atoms with Gasteiger partial charge in [-0.15, -0.1) is 0 Å². The van der Waals surface area contributed by atoms with Crippen molar-refractivity contribution in [2.45, 2.75) is 39.5 Å². The molecule has 0 aromatic heterocycles. The van der Waals surface area contributed by atoms with Crippen LogP contribution in [0.15, 0.2) is 18.2 Å². The van der Waals surface area contributed by atoms with Crippen molar-refractivity contribution in [2.24, 2.45) is 0 Å². The van der Waals surface area contributed by atoms with E-state index in [1.165, 1.54) is 16.8 Å². The molecule has 0 amide bonds. The molecule has 2 rings (SSSR count). The highest BCUT2D eigenvalue weighted by atomic mass is 32.2. The quantitative estimate of drug-likeness (QED) is 0.686. The van der Waals surface area contributed by atoms with Crippen molar-refractivity contribution in [3.63, 3.8) is 0 Å². The number of benzene rings is 1. The van der Waals surface area contributed by atoms with Crippen LogP contribution in [-0.4, -0.2) is 35.6 Å². The summed E-state index contributed by atoms with van der Waals surface area (Å²) in [5.41, 5.74) is 4.83. The molecule has 1 aromatic carbocycles. The molecule has 1 aliphatic heterocycles. The number of nitrogens with zero attached hydrogens (tertiary/aromatic N) is 1. The molecule has 1 heterocycles. The topological polar surface area (TPSA) is 57.4 Å². The number of fused-ring (bicyclic) bond motifs is 1. The molecule has 1 N–H and O–H groups in total. The van der Waals surface area contributed by atoms with Crippen molar-refractivity contribution >= 4 is 21.5 Å². The van der Waals surface area contributed by atoms with Crippen LogP contribution in [-0.2, 0) is 15.5 Å². The molecule has 0 spiro atoms. The Labute approximate surface area is 120 Å². The molecular weight excluding hydrogens is 274 g/mol. The van der Waals surface area contributed by atoms with Crippen LogP contribution in [0.25, 0.3) is 0 Å². The molecule has 0 unspecified atom stereocenters. The minimum Gasteiger partial charge on any atom is -0.286 e. The van der Waals surface area contributed by atoms with E-state index in [4.69, 9.17) is 4.55 Å². The first kappa shape index (κ1) is 15.2. The van der Waals surface area contributed by atoms with Gasteiger partial charge in [0.2, 0.25) is 5.69 Å². The molecular formula is C15H22NO3S+. The van der Waals surface area contributed by atoms with Gasteiger partial charge in [0.25, 0.3) is 10.1 Å². The van der Waals surface area contributed by atoms with Crippen LogP contribution in [0.1, 0.15) is 38.3 Å². The molecule has 0 fully saturated rings. The highest BCUT2D eigenvalue weighted by Crippen LogP contribution is 2.39. The largest absolute Gasteiger partial charge is 0.286 e. The Bertz CT molecular complexity index is 672. The SMILES string of the molecule is CC1=[N+](CCCS(=O)(=O)O)c2ccc(C)cc2C1(C)C. The van der Waals surface area contributed by atoms with Crippen LogP contribution >= 0.6 is 0 Å². The molecule has 5 heteroatoms. The van der Waals surface area contributed by atoms with Crippen LogP contribution in [0, 0.1) is 6.92 Å². The molecule has 0 saturated heterocycles. The smallest absolute Gasteiger partial charge is 0.265 e. The lowest BCUT2D eigenvalue weighted by Gasteiger charge is -2.15. The van der Waals surface area contributed by atoms with Gasteiger partial charge in [-0.05, 0) is 26.8 Å². The molecule has 0 saturated carbocycles. The average Bonchev–Trinajstić information content (AvgIpc) is 2.49. The maximum atomic E-state index is 10.8. The molecule has 4 nitrogen and oxygen atoms in total. The Morgan fingerprint density at radius 3 is 2.50 bits per heavy atom. The lowest BCUT2D eigenvalue weighted by atomic mass is 9.82. The van der Waals surface area contributed by atoms with E-state index in [0.29, 0.717) is 13.0 Å². The van der Waals surface area contributed by atoms with Crippen molar-refractivity contribution in [3.05, 3.63) is 29.3 Å². The van der Waals surface area contributed by atoms with Gasteiger partial charge < -0.3 is 0 Å². The predicted molar refractivity (Wildman–Crippen MR) is 80.7 cm³/mol. The zero-order valence-corrected chi connectivity index (χ0v) is 13.3. The van der Waals surface area contributed by atoms with Crippen molar-refractivity contribution in [1.29, 1.82) is 0 Å². The van der Waals surface area contributed by atoms with Crippen molar-refractivity contribution in [2.75, 3.05) is 12.3 Å². The molecule has 0 radical (unpaired) electrons. The van der Waals surface area contributed by atoms with Gasteiger partial charge in [-0.25, -0.2) is 0 Å². The number of hydrogen-bond acceptors (Lipinski definition) is 2. The van der Waals surface area contributed by atoms with Gasteiger partial charge in [0.1, 0.15) is 6.54 Å². The molecule has 1 aromatic rings. The second-order valence-corrected chi connectivity index (χ2v) is 7.59. The molecule has 0 atom stereocenters. The predicted octanol–water partition coefficient (Wildman–Crippen LogP) is 2.67. The number of hydrogen-bond donors (Lipinski definition) is 1. The van der Waals surface area contributed by atoms with Gasteiger partial charge >= 0.3 is 0 Å². The first-order valence-corrected chi connectivity index (χ1v) is 8.42. The zero-order chi connectivity index (χ0) is 15.1. The minimum atomic E-state index is -3.88. The average molecular weight is 296 g/mol. The van der Waals surface area contributed by atoms with Crippen LogP contribution in [0.3, 0.4) is 0 Å². The summed E-state index contributed by atoms with van der Waals surface area (Å²) in [6, 6.07) is 6.36. The molecule has 0 bridgehead atoms. The van der Waals surface area contributed by atoms with Crippen molar-refractivity contribution < 1.29 is 17.5 Å². The summed E-state index contributed by atoms with van der Waals surface area (Å²) in [5.74, 6) is -0.196. The van der Waals surface area contributed by atoms with Crippen LogP contribution in [0.4, 0.5) is 5.69 Å². The lowest BCUT2D eigenvalue weighted by molar-refractivity contribution is -0.438. The summed E-state index contributed by atoms with van der Waals surface area (Å²) < 4.78 is 32.7.